The van der Waals surface area contributed by atoms with Crippen molar-refractivity contribution in [3.8, 4) is 0 Å². The van der Waals surface area contributed by atoms with Crippen LogP contribution in [0.25, 0.3) is 0 Å². The molecule has 1 aliphatic rings. The van der Waals surface area contributed by atoms with Crippen LogP contribution in [0.5, 0.6) is 0 Å². The van der Waals surface area contributed by atoms with Crippen molar-refractivity contribution in [3.05, 3.63) is 57.7 Å². The highest BCUT2D eigenvalue weighted by molar-refractivity contribution is 6.00. The van der Waals surface area contributed by atoms with E-state index in [2.05, 4.69) is 107 Å². The van der Waals surface area contributed by atoms with Gasteiger partial charge in [-0.15, -0.1) is 0 Å². The largest absolute Gasteiger partial charge is 0.345 e. The van der Waals surface area contributed by atoms with Crippen molar-refractivity contribution >= 4 is 5.78 Å². The molecule has 0 spiro atoms. The summed E-state index contributed by atoms with van der Waals surface area (Å²) in [5, 5.41) is 0. The fourth-order valence-corrected chi connectivity index (χ4v) is 5.77. The zero-order valence-electron chi connectivity index (χ0n) is 27.3. The molecule has 0 radical (unpaired) electrons. The lowest BCUT2D eigenvalue weighted by molar-refractivity contribution is -0.128. The number of benzene rings is 1. The molecule has 220 valence electrons. The topological polar surface area (TPSA) is 35.5 Å². The smallest absolute Gasteiger partial charge is 0.222 e. The molecule has 3 unspecified atom stereocenters. The summed E-state index contributed by atoms with van der Waals surface area (Å²) in [7, 11) is 0. The Morgan fingerprint density at radius 2 is 1.38 bits per heavy atom. The van der Waals surface area contributed by atoms with E-state index in [1.54, 1.807) is 0 Å². The Hall–Kier alpha value is -1.71. The molecule has 3 nitrogen and oxygen atoms in total. The number of allylic oxidation sites excluding steroid dienone is 4. The molecule has 0 aromatic heterocycles. The highest BCUT2D eigenvalue weighted by Gasteiger charge is 2.42. The molecule has 39 heavy (non-hydrogen) atoms. The van der Waals surface area contributed by atoms with Crippen LogP contribution in [0.4, 0.5) is 0 Å². The molecular formula is C36H58O3. The van der Waals surface area contributed by atoms with Gasteiger partial charge in [0.1, 0.15) is 0 Å². The minimum Gasteiger partial charge on any atom is -0.345 e. The molecule has 1 aliphatic carbocycles. The Balaban J connectivity index is 2.29. The third kappa shape index (κ3) is 9.42. The Bertz CT molecular complexity index is 986. The summed E-state index contributed by atoms with van der Waals surface area (Å²) in [6.07, 6.45) is 8.88. The Kier molecular flexibility index (Phi) is 12.3. The summed E-state index contributed by atoms with van der Waals surface area (Å²) in [6, 6.07) is 4.43. The van der Waals surface area contributed by atoms with Gasteiger partial charge in [0.05, 0.1) is 13.2 Å². The zero-order chi connectivity index (χ0) is 29.5. The summed E-state index contributed by atoms with van der Waals surface area (Å²) >= 11 is 0. The first-order chi connectivity index (χ1) is 18.1. The minimum atomic E-state index is -0.878. The van der Waals surface area contributed by atoms with E-state index in [0.717, 1.165) is 43.2 Å². The van der Waals surface area contributed by atoms with Gasteiger partial charge < -0.3 is 9.47 Å². The van der Waals surface area contributed by atoms with Crippen LogP contribution in [0.3, 0.4) is 0 Å². The number of ketones is 1. The van der Waals surface area contributed by atoms with Gasteiger partial charge >= 0.3 is 0 Å². The average molecular weight is 539 g/mol. The van der Waals surface area contributed by atoms with Gasteiger partial charge in [-0.05, 0) is 118 Å². The Morgan fingerprint density at radius 1 is 0.897 bits per heavy atom. The second kappa shape index (κ2) is 14.3. The average Bonchev–Trinajstić information content (AvgIpc) is 2.81. The molecule has 0 aliphatic heterocycles. The van der Waals surface area contributed by atoms with Gasteiger partial charge in [0, 0.05) is 5.56 Å². The summed E-state index contributed by atoms with van der Waals surface area (Å²) in [4.78, 5) is 14.1. The normalized spacial score (nSPS) is 19.9. The van der Waals surface area contributed by atoms with E-state index in [1.165, 1.54) is 22.3 Å². The lowest BCUT2D eigenvalue weighted by Gasteiger charge is -2.47. The summed E-state index contributed by atoms with van der Waals surface area (Å²) in [5.41, 5.74) is 7.19. The Morgan fingerprint density at radius 3 is 1.85 bits per heavy atom. The maximum absolute atomic E-state index is 14.1. The molecule has 0 saturated carbocycles. The van der Waals surface area contributed by atoms with Crippen LogP contribution in [-0.2, 0) is 20.3 Å². The molecule has 0 fully saturated rings. The third-order valence-corrected chi connectivity index (χ3v) is 8.80. The molecule has 0 bridgehead atoms. The first-order valence-electron chi connectivity index (χ1n) is 15.3. The molecule has 3 atom stereocenters. The molecule has 0 heterocycles. The summed E-state index contributed by atoms with van der Waals surface area (Å²) in [6.45, 7) is 27.7. The van der Waals surface area contributed by atoms with E-state index < -0.39 is 6.29 Å². The SMILES string of the molecule is CC(C)=CCCC(C)COC(OCC(C)CCC=C(C)C)C(=O)c1cc2c(cc1C)C(C)(C)C(C)CC2(C)C. The molecular weight excluding hydrogens is 480 g/mol. The minimum absolute atomic E-state index is 0.0170. The number of aryl methyl sites for hydroxylation is 1. The predicted octanol–water partition coefficient (Wildman–Crippen LogP) is 9.90. The van der Waals surface area contributed by atoms with E-state index in [9.17, 15) is 4.79 Å². The zero-order valence-corrected chi connectivity index (χ0v) is 27.3. The molecule has 0 N–H and O–H groups in total. The first kappa shape index (κ1) is 33.5. The summed E-state index contributed by atoms with van der Waals surface area (Å²) in [5.74, 6) is 1.22. The van der Waals surface area contributed by atoms with Crippen LogP contribution in [0, 0.1) is 24.7 Å². The quantitative estimate of drug-likeness (QED) is 0.134. The number of ether oxygens (including phenoxy) is 2. The number of Topliss-reactive ketones (excluding diaryl/α,β-unsaturated/α-hetero) is 1. The van der Waals surface area contributed by atoms with Crippen molar-refractivity contribution in [2.24, 2.45) is 17.8 Å². The third-order valence-electron chi connectivity index (χ3n) is 8.80. The van der Waals surface area contributed by atoms with Crippen LogP contribution in [0.1, 0.15) is 135 Å². The summed E-state index contributed by atoms with van der Waals surface area (Å²) < 4.78 is 12.6. The highest BCUT2D eigenvalue weighted by Crippen LogP contribution is 2.49. The van der Waals surface area contributed by atoms with E-state index in [-0.39, 0.29) is 16.6 Å². The fourth-order valence-electron chi connectivity index (χ4n) is 5.77. The van der Waals surface area contributed by atoms with Gasteiger partial charge in [-0.2, -0.15) is 0 Å². The van der Waals surface area contributed by atoms with Gasteiger partial charge in [0.25, 0.3) is 0 Å². The second-order valence-electron chi connectivity index (χ2n) is 14.2. The highest BCUT2D eigenvalue weighted by atomic mass is 16.7. The van der Waals surface area contributed by atoms with Crippen LogP contribution < -0.4 is 0 Å². The molecule has 3 heteroatoms. The number of hydrogen-bond donors (Lipinski definition) is 0. The molecule has 1 aromatic carbocycles. The predicted molar refractivity (Wildman–Crippen MR) is 167 cm³/mol. The van der Waals surface area contributed by atoms with Gasteiger partial charge in [0.15, 0.2) is 0 Å². The van der Waals surface area contributed by atoms with Crippen molar-refractivity contribution in [2.75, 3.05) is 13.2 Å². The van der Waals surface area contributed by atoms with E-state index in [4.69, 9.17) is 9.47 Å². The lowest BCUT2D eigenvalue weighted by Crippen LogP contribution is -2.41. The van der Waals surface area contributed by atoms with Crippen LogP contribution in [-0.4, -0.2) is 25.3 Å². The van der Waals surface area contributed by atoms with E-state index in [1.807, 2.05) is 0 Å². The van der Waals surface area contributed by atoms with Gasteiger partial charge in [-0.25, -0.2) is 0 Å². The van der Waals surface area contributed by atoms with Gasteiger partial charge in [-0.3, -0.25) is 4.79 Å². The number of fused-ring (bicyclic) bond motifs is 1. The maximum Gasteiger partial charge on any atom is 0.222 e. The van der Waals surface area contributed by atoms with Crippen LogP contribution in [0.2, 0.25) is 0 Å². The number of carbonyl (C=O) groups excluding carboxylic acids is 1. The van der Waals surface area contributed by atoms with Crippen molar-refractivity contribution in [2.45, 2.75) is 132 Å². The molecule has 0 amide bonds. The molecule has 0 saturated heterocycles. The maximum atomic E-state index is 14.1. The monoisotopic (exact) mass is 538 g/mol. The number of rotatable bonds is 14. The first-order valence-corrected chi connectivity index (χ1v) is 15.3. The lowest BCUT2D eigenvalue weighted by atomic mass is 9.58. The van der Waals surface area contributed by atoms with Crippen molar-refractivity contribution in [1.82, 2.24) is 0 Å². The van der Waals surface area contributed by atoms with E-state index in [0.29, 0.717) is 31.0 Å². The Labute approximate surface area is 240 Å². The molecule has 2 rings (SSSR count). The number of hydrogen-bond acceptors (Lipinski definition) is 3. The molecule has 1 aromatic rings. The van der Waals surface area contributed by atoms with Crippen molar-refractivity contribution in [1.29, 1.82) is 0 Å². The number of carbonyl (C=O) groups is 1. The van der Waals surface area contributed by atoms with Crippen molar-refractivity contribution < 1.29 is 14.3 Å². The fraction of sp³-hybridized carbons (Fsp3) is 0.694. The van der Waals surface area contributed by atoms with E-state index >= 15 is 0 Å². The van der Waals surface area contributed by atoms with Crippen LogP contribution >= 0.6 is 0 Å². The van der Waals surface area contributed by atoms with Crippen molar-refractivity contribution in [3.63, 3.8) is 0 Å². The standard InChI is InChI=1S/C36H58O3/c1-24(2)15-13-17-26(5)22-38-34(39-23-27(6)18-14-16-25(3)4)33(37)30-20-31-32(19-28(30)7)36(11,12)29(8)21-35(31,9)10/h15-16,19-20,26-27,29,34H,13-14,17-18,21-23H2,1-12H3. The van der Waals surface area contributed by atoms with Crippen LogP contribution in [0.15, 0.2) is 35.4 Å². The second-order valence-corrected chi connectivity index (χ2v) is 14.2. The van der Waals surface area contributed by atoms with Gasteiger partial charge in [0.2, 0.25) is 12.1 Å². The van der Waals surface area contributed by atoms with Gasteiger partial charge in [-0.1, -0.05) is 77.8 Å².